The van der Waals surface area contributed by atoms with E-state index in [1.807, 2.05) is 63.3 Å². The number of nitrogen functional groups attached to an aromatic ring is 1. The van der Waals surface area contributed by atoms with Gasteiger partial charge < -0.3 is 39.6 Å². The van der Waals surface area contributed by atoms with Crippen molar-refractivity contribution < 1.29 is 32.9 Å². The molecule has 340 valence electrons. The van der Waals surface area contributed by atoms with Crippen LogP contribution >= 0.6 is 23.2 Å². The highest BCUT2D eigenvalue weighted by molar-refractivity contribution is 6.36. The number of pyridine rings is 1. The van der Waals surface area contributed by atoms with Crippen molar-refractivity contribution >= 4 is 57.3 Å². The standard InChI is InChI=1S/C45H53Cl2FN10O6/c1-45(41-35(46)5-6-36(48)42(41)47)58(53-37-4-2-3-29-24-56(28-34(29)37)38-7-8-40(59)52-44(38)60)33-26-55(27-33)14-16-62-18-20-63-19-17-61-15-13-54-11-9-32(10-12-54)57-25-31(23-51-57)30-21-39(64-45)43(49)50-22-30/h2-6,21-25,28,32-33,38,53H,7-20,26-27H2,1H3,(H2,49,50)(H,52,59,60)/t38?,45-/m1/s1. The number of rotatable bonds is 4. The molecule has 64 heavy (non-hydrogen) atoms. The van der Waals surface area contributed by atoms with Gasteiger partial charge in [0.1, 0.15) is 11.9 Å². The number of nitrogens with zero attached hydrogens (tertiary/aromatic N) is 7. The molecular formula is C45H53Cl2FN10O6. The normalized spacial score (nSPS) is 26.7. The van der Waals surface area contributed by atoms with Crippen LogP contribution in [0.4, 0.5) is 15.9 Å². The highest BCUT2D eigenvalue weighted by Gasteiger charge is 2.48. The molecule has 0 saturated carbocycles. The Morgan fingerprint density at radius 3 is 2.34 bits per heavy atom. The first-order valence-electron chi connectivity index (χ1n) is 21.8. The second-order valence-corrected chi connectivity index (χ2v) is 17.7. The topological polar surface area (TPSA) is 166 Å². The van der Waals surface area contributed by atoms with E-state index in [1.165, 1.54) is 12.1 Å². The van der Waals surface area contributed by atoms with Gasteiger partial charge in [-0.2, -0.15) is 10.1 Å². The van der Waals surface area contributed by atoms with Crippen LogP contribution in [0.1, 0.15) is 50.3 Å². The lowest BCUT2D eigenvalue weighted by molar-refractivity contribution is -0.135. The lowest BCUT2D eigenvalue weighted by atomic mass is 9.98. The van der Waals surface area contributed by atoms with Crippen LogP contribution in [0.5, 0.6) is 5.75 Å². The summed E-state index contributed by atoms with van der Waals surface area (Å²) >= 11 is 14.0. The molecule has 5 aromatic rings. The third-order valence-electron chi connectivity index (χ3n) is 12.7. The van der Waals surface area contributed by atoms with Crippen molar-refractivity contribution in [3.8, 4) is 16.9 Å². The molecule has 2 atom stereocenters. The molecule has 16 nitrogen and oxygen atoms in total. The van der Waals surface area contributed by atoms with E-state index in [0.717, 1.165) is 54.4 Å². The number of aromatic nitrogens is 4. The maximum atomic E-state index is 15.7. The van der Waals surface area contributed by atoms with Gasteiger partial charge in [0.2, 0.25) is 17.5 Å². The fraction of sp³-hybridized carbons (Fsp3) is 0.467. The number of carbonyl (C=O) groups is 2. The Labute approximate surface area is 380 Å². The fourth-order valence-electron chi connectivity index (χ4n) is 9.10. The van der Waals surface area contributed by atoms with E-state index >= 15 is 4.39 Å². The SMILES string of the molecule is C[C@]1(c2c(Cl)ccc(F)c2Cl)Oc2cc(cnc2N)-c2cnn(c2)C2CCN(CCOCCOCCOCCN3CC(C3)N1Nc1cccc3cn(C4CCC(=O)NC4=O)cc13)CC2. The molecule has 2 amide bonds. The Bertz CT molecular complexity index is 2480. The second kappa shape index (κ2) is 19.3. The minimum absolute atomic E-state index is 0.103. The number of halogens is 3. The maximum Gasteiger partial charge on any atom is 0.249 e. The van der Waals surface area contributed by atoms with E-state index in [-0.39, 0.29) is 57.5 Å². The van der Waals surface area contributed by atoms with Gasteiger partial charge in [0, 0.05) is 92.4 Å². The molecule has 12 rings (SSSR count). The van der Waals surface area contributed by atoms with Crippen molar-refractivity contribution in [2.24, 2.45) is 0 Å². The Hall–Kier alpha value is -4.85. The van der Waals surface area contributed by atoms with E-state index in [9.17, 15) is 9.59 Å². The van der Waals surface area contributed by atoms with Crippen LogP contribution in [0.15, 0.2) is 67.4 Å². The van der Waals surface area contributed by atoms with Crippen LogP contribution in [-0.2, 0) is 29.5 Å². The smallest absolute Gasteiger partial charge is 0.249 e. The minimum atomic E-state index is -1.64. The maximum absolute atomic E-state index is 15.7. The molecule has 10 heterocycles. The number of nitrogens with two attached hydrogens (primary N) is 1. The lowest BCUT2D eigenvalue weighted by Gasteiger charge is -2.52. The largest absolute Gasteiger partial charge is 0.463 e. The summed E-state index contributed by atoms with van der Waals surface area (Å²) in [6.45, 7) is 9.39. The summed E-state index contributed by atoms with van der Waals surface area (Å²) in [7, 11) is 0. The van der Waals surface area contributed by atoms with Crippen molar-refractivity contribution in [3.63, 3.8) is 0 Å². The third-order valence-corrected chi connectivity index (χ3v) is 13.4. The quantitative estimate of drug-likeness (QED) is 0.145. The first kappa shape index (κ1) is 44.4. The van der Waals surface area contributed by atoms with Gasteiger partial charge in [0.15, 0.2) is 11.6 Å². The van der Waals surface area contributed by atoms with Gasteiger partial charge in [-0.05, 0) is 50.5 Å². The number of ether oxygens (including phenoxy) is 4. The number of hydrazine groups is 1. The first-order valence-corrected chi connectivity index (χ1v) is 22.6. The van der Waals surface area contributed by atoms with Crippen molar-refractivity contribution in [1.82, 2.24) is 39.5 Å². The molecule has 3 fully saturated rings. The van der Waals surface area contributed by atoms with Crippen LogP contribution < -0.4 is 21.2 Å². The molecule has 0 aliphatic carbocycles. The van der Waals surface area contributed by atoms with E-state index in [1.54, 1.807) is 13.1 Å². The number of hydrogen-bond donors (Lipinski definition) is 3. The van der Waals surface area contributed by atoms with Crippen LogP contribution in [-0.4, -0.2) is 131 Å². The number of nitrogens with one attached hydrogen (secondary N) is 2. The molecule has 2 aromatic carbocycles. The van der Waals surface area contributed by atoms with Gasteiger partial charge in [-0.3, -0.25) is 24.5 Å². The van der Waals surface area contributed by atoms with Gasteiger partial charge >= 0.3 is 0 Å². The Kier molecular flexibility index (Phi) is 13.4. The van der Waals surface area contributed by atoms with Crippen molar-refractivity contribution in [2.75, 3.05) is 90.1 Å². The molecule has 7 aliphatic rings. The second-order valence-electron chi connectivity index (χ2n) is 16.9. The number of anilines is 2. The van der Waals surface area contributed by atoms with Crippen LogP contribution in [0.2, 0.25) is 10.0 Å². The summed E-state index contributed by atoms with van der Waals surface area (Å²) in [6, 6.07) is 9.67. The lowest BCUT2D eigenvalue weighted by Crippen LogP contribution is -2.67. The first-order chi connectivity index (χ1) is 31.0. The van der Waals surface area contributed by atoms with Gasteiger partial charge in [-0.1, -0.05) is 35.3 Å². The van der Waals surface area contributed by atoms with Crippen molar-refractivity contribution in [3.05, 3.63) is 88.8 Å². The number of imide groups is 1. The summed E-state index contributed by atoms with van der Waals surface area (Å²) in [5.41, 5.74) is 11.1. The van der Waals surface area contributed by atoms with E-state index in [0.29, 0.717) is 71.4 Å². The number of amides is 2. The van der Waals surface area contributed by atoms with Crippen LogP contribution in [0.3, 0.4) is 0 Å². The molecule has 0 spiro atoms. The minimum Gasteiger partial charge on any atom is -0.463 e. The third kappa shape index (κ3) is 9.44. The average Bonchev–Trinajstić information content (AvgIpc) is 3.94. The van der Waals surface area contributed by atoms with Gasteiger partial charge in [-0.15, -0.1) is 0 Å². The highest BCUT2D eigenvalue weighted by atomic mass is 35.5. The highest BCUT2D eigenvalue weighted by Crippen LogP contribution is 2.45. The number of piperidine rings is 2. The molecule has 8 bridgehead atoms. The molecular weight excluding hydrogens is 866 g/mol. The van der Waals surface area contributed by atoms with Gasteiger partial charge in [-0.25, -0.2) is 9.37 Å². The average molecular weight is 920 g/mol. The van der Waals surface area contributed by atoms with Crippen molar-refractivity contribution in [1.29, 1.82) is 0 Å². The Morgan fingerprint density at radius 1 is 0.859 bits per heavy atom. The van der Waals surface area contributed by atoms with Gasteiger partial charge in [0.05, 0.1) is 79.2 Å². The predicted octanol–water partition coefficient (Wildman–Crippen LogP) is 5.87. The number of benzene rings is 2. The zero-order valence-electron chi connectivity index (χ0n) is 35.7. The molecule has 3 aromatic heterocycles. The molecule has 19 heteroatoms. The van der Waals surface area contributed by atoms with Crippen molar-refractivity contribution in [2.45, 2.75) is 56.5 Å². The number of hydrogen-bond acceptors (Lipinski definition) is 13. The van der Waals surface area contributed by atoms with E-state index in [2.05, 4.69) is 25.5 Å². The monoisotopic (exact) mass is 918 g/mol. The number of carbonyl (C=O) groups excluding carboxylic acids is 2. The molecule has 1 unspecified atom stereocenters. The summed E-state index contributed by atoms with van der Waals surface area (Å²) in [5.74, 6) is -0.998. The van der Waals surface area contributed by atoms with Crippen LogP contribution in [0.25, 0.3) is 21.9 Å². The Morgan fingerprint density at radius 2 is 1.59 bits per heavy atom. The van der Waals surface area contributed by atoms with E-state index < -0.39 is 17.6 Å². The molecule has 3 saturated heterocycles. The molecule has 0 radical (unpaired) electrons. The predicted molar refractivity (Wildman–Crippen MR) is 240 cm³/mol. The zero-order valence-corrected chi connectivity index (χ0v) is 37.2. The summed E-state index contributed by atoms with van der Waals surface area (Å²) in [6.07, 6.45) is 11.8. The van der Waals surface area contributed by atoms with E-state index in [4.69, 9.17) is 53.0 Å². The summed E-state index contributed by atoms with van der Waals surface area (Å²) in [4.78, 5) is 34.2. The molecule has 7 aliphatic heterocycles. The summed E-state index contributed by atoms with van der Waals surface area (Å²) < 4.78 is 44.3. The summed E-state index contributed by atoms with van der Waals surface area (Å²) in [5, 5.41) is 10.7. The zero-order chi connectivity index (χ0) is 44.4. The number of fused-ring (bicyclic) bond motifs is 1. The molecule has 4 N–H and O–H groups in total. The van der Waals surface area contributed by atoms with Crippen LogP contribution in [0, 0.1) is 5.82 Å². The Balaban J connectivity index is 1.09. The fourth-order valence-corrected chi connectivity index (χ4v) is 9.82. The van der Waals surface area contributed by atoms with Gasteiger partial charge in [0.25, 0.3) is 0 Å².